The summed E-state index contributed by atoms with van der Waals surface area (Å²) in [6.45, 7) is 2.19. The molecule has 0 aliphatic rings. The summed E-state index contributed by atoms with van der Waals surface area (Å²) in [6, 6.07) is 16.6. The molecule has 1 N–H and O–H groups in total. The van der Waals surface area contributed by atoms with Gasteiger partial charge in [0.15, 0.2) is 0 Å². The molecule has 0 bridgehead atoms. The van der Waals surface area contributed by atoms with Crippen LogP contribution in [0.2, 0.25) is 0 Å². The highest BCUT2D eigenvalue weighted by molar-refractivity contribution is 5.34. The molecular weight excluding hydrogens is 238 g/mol. The smallest absolute Gasteiger partial charge is 0.119 e. The van der Waals surface area contributed by atoms with E-state index in [0.717, 1.165) is 11.1 Å². The zero-order valence-corrected chi connectivity index (χ0v) is 10.7. The van der Waals surface area contributed by atoms with Gasteiger partial charge in [0, 0.05) is 0 Å². The minimum atomic E-state index is -0.656. The third-order valence-corrected chi connectivity index (χ3v) is 2.85. The number of ether oxygens (including phenoxy) is 1. The Morgan fingerprint density at radius 3 is 2.32 bits per heavy atom. The molecule has 0 saturated carbocycles. The molecule has 19 heavy (non-hydrogen) atoms. The van der Waals surface area contributed by atoms with E-state index in [4.69, 9.17) is 10.00 Å². The van der Waals surface area contributed by atoms with Crippen LogP contribution in [-0.4, -0.2) is 11.7 Å². The van der Waals surface area contributed by atoms with Crippen molar-refractivity contribution >= 4 is 0 Å². The molecule has 1 unspecified atom stereocenters. The molecule has 0 amide bonds. The zero-order chi connectivity index (χ0) is 13.7. The van der Waals surface area contributed by atoms with E-state index in [-0.39, 0.29) is 6.61 Å². The van der Waals surface area contributed by atoms with Crippen LogP contribution < -0.4 is 4.74 Å². The summed E-state index contributed by atoms with van der Waals surface area (Å²) in [5.41, 5.74) is 2.58. The Balaban J connectivity index is 1.94. The molecule has 0 aromatic heterocycles. The lowest BCUT2D eigenvalue weighted by molar-refractivity contribution is 0.108. The van der Waals surface area contributed by atoms with Gasteiger partial charge in [-0.05, 0) is 36.8 Å². The number of aryl methyl sites for hydroxylation is 1. The van der Waals surface area contributed by atoms with Crippen molar-refractivity contribution in [2.24, 2.45) is 0 Å². The Hall–Kier alpha value is -2.31. The third-order valence-electron chi connectivity index (χ3n) is 2.85. The Bertz CT molecular complexity index is 567. The second-order valence-electron chi connectivity index (χ2n) is 4.37. The van der Waals surface area contributed by atoms with Crippen molar-refractivity contribution in [2.75, 3.05) is 6.61 Å². The standard InChI is InChI=1S/C16H15NO2/c1-12-2-6-14(7-3-12)16(18)11-19-15-8-4-13(10-17)5-9-15/h2-9,16,18H,11H2,1H3. The van der Waals surface area contributed by atoms with Crippen molar-refractivity contribution in [3.05, 3.63) is 65.2 Å². The number of hydrogen-bond acceptors (Lipinski definition) is 3. The molecule has 96 valence electrons. The van der Waals surface area contributed by atoms with Gasteiger partial charge in [0.2, 0.25) is 0 Å². The minimum Gasteiger partial charge on any atom is -0.491 e. The zero-order valence-electron chi connectivity index (χ0n) is 10.7. The van der Waals surface area contributed by atoms with Crippen molar-refractivity contribution < 1.29 is 9.84 Å². The molecule has 0 radical (unpaired) electrons. The second kappa shape index (κ2) is 6.03. The van der Waals surface area contributed by atoms with Crippen LogP contribution in [0.1, 0.15) is 22.8 Å². The summed E-state index contributed by atoms with van der Waals surface area (Å²) in [4.78, 5) is 0. The highest BCUT2D eigenvalue weighted by Crippen LogP contribution is 2.17. The quantitative estimate of drug-likeness (QED) is 0.911. The summed E-state index contributed by atoms with van der Waals surface area (Å²) in [5, 5.41) is 18.7. The average molecular weight is 253 g/mol. The number of hydrogen-bond donors (Lipinski definition) is 1. The monoisotopic (exact) mass is 253 g/mol. The van der Waals surface area contributed by atoms with E-state index in [2.05, 4.69) is 0 Å². The van der Waals surface area contributed by atoms with Gasteiger partial charge in [-0.3, -0.25) is 0 Å². The number of nitriles is 1. The molecule has 2 rings (SSSR count). The van der Waals surface area contributed by atoms with Gasteiger partial charge < -0.3 is 9.84 Å². The molecule has 0 aliphatic carbocycles. The van der Waals surface area contributed by atoms with Crippen molar-refractivity contribution in [3.8, 4) is 11.8 Å². The maximum atomic E-state index is 10.00. The van der Waals surface area contributed by atoms with E-state index in [1.807, 2.05) is 37.3 Å². The van der Waals surface area contributed by atoms with E-state index < -0.39 is 6.10 Å². The summed E-state index contributed by atoms with van der Waals surface area (Å²) in [5.74, 6) is 0.644. The van der Waals surface area contributed by atoms with Gasteiger partial charge >= 0.3 is 0 Å². The van der Waals surface area contributed by atoms with Crippen molar-refractivity contribution in [1.82, 2.24) is 0 Å². The van der Waals surface area contributed by atoms with Crippen LogP contribution in [0.3, 0.4) is 0 Å². The van der Waals surface area contributed by atoms with Gasteiger partial charge in [0.25, 0.3) is 0 Å². The minimum absolute atomic E-state index is 0.189. The number of rotatable bonds is 4. The Morgan fingerprint density at radius 2 is 1.74 bits per heavy atom. The second-order valence-corrected chi connectivity index (χ2v) is 4.37. The fraction of sp³-hybridized carbons (Fsp3) is 0.188. The van der Waals surface area contributed by atoms with Crippen LogP contribution in [0.5, 0.6) is 5.75 Å². The number of benzene rings is 2. The van der Waals surface area contributed by atoms with Crippen LogP contribution in [-0.2, 0) is 0 Å². The molecule has 0 aliphatic heterocycles. The predicted molar refractivity (Wildman–Crippen MR) is 72.8 cm³/mol. The van der Waals surface area contributed by atoms with Gasteiger partial charge in [0.1, 0.15) is 18.5 Å². The number of aliphatic hydroxyl groups excluding tert-OH is 1. The first-order valence-corrected chi connectivity index (χ1v) is 6.06. The van der Waals surface area contributed by atoms with E-state index in [9.17, 15) is 5.11 Å². The topological polar surface area (TPSA) is 53.2 Å². The van der Waals surface area contributed by atoms with Gasteiger partial charge in [-0.2, -0.15) is 5.26 Å². The van der Waals surface area contributed by atoms with Gasteiger partial charge in [-0.25, -0.2) is 0 Å². The first kappa shape index (κ1) is 13.1. The molecule has 3 heteroatoms. The van der Waals surface area contributed by atoms with Crippen molar-refractivity contribution in [1.29, 1.82) is 5.26 Å². The van der Waals surface area contributed by atoms with E-state index in [1.54, 1.807) is 24.3 Å². The summed E-state index contributed by atoms with van der Waals surface area (Å²) >= 11 is 0. The Kier molecular flexibility index (Phi) is 4.17. The van der Waals surface area contributed by atoms with Crippen LogP contribution in [0.25, 0.3) is 0 Å². The molecule has 0 fully saturated rings. The molecule has 1 atom stereocenters. The highest BCUT2D eigenvalue weighted by atomic mass is 16.5. The van der Waals surface area contributed by atoms with E-state index >= 15 is 0 Å². The summed E-state index contributed by atoms with van der Waals surface area (Å²) in [7, 11) is 0. The van der Waals surface area contributed by atoms with Gasteiger partial charge in [0.05, 0.1) is 11.6 Å². The highest BCUT2D eigenvalue weighted by Gasteiger charge is 2.08. The summed E-state index contributed by atoms with van der Waals surface area (Å²) in [6.07, 6.45) is -0.656. The first-order valence-electron chi connectivity index (χ1n) is 6.06. The molecule has 3 nitrogen and oxygen atoms in total. The summed E-state index contributed by atoms with van der Waals surface area (Å²) < 4.78 is 5.49. The van der Waals surface area contributed by atoms with E-state index in [0.29, 0.717) is 11.3 Å². The molecule has 0 spiro atoms. The van der Waals surface area contributed by atoms with Crippen LogP contribution in [0.4, 0.5) is 0 Å². The van der Waals surface area contributed by atoms with Crippen LogP contribution >= 0.6 is 0 Å². The normalized spacial score (nSPS) is 11.6. The van der Waals surface area contributed by atoms with Gasteiger partial charge in [-0.15, -0.1) is 0 Å². The lowest BCUT2D eigenvalue weighted by atomic mass is 10.1. The predicted octanol–water partition coefficient (Wildman–Crippen LogP) is 2.98. The lowest BCUT2D eigenvalue weighted by Gasteiger charge is -2.13. The third kappa shape index (κ3) is 3.57. The van der Waals surface area contributed by atoms with Crippen LogP contribution in [0.15, 0.2) is 48.5 Å². The Morgan fingerprint density at radius 1 is 1.11 bits per heavy atom. The fourth-order valence-corrected chi connectivity index (χ4v) is 1.69. The first-order chi connectivity index (χ1) is 9.19. The largest absolute Gasteiger partial charge is 0.491 e. The molecule has 0 saturated heterocycles. The van der Waals surface area contributed by atoms with Gasteiger partial charge in [-0.1, -0.05) is 29.8 Å². The van der Waals surface area contributed by atoms with Crippen molar-refractivity contribution in [2.45, 2.75) is 13.0 Å². The SMILES string of the molecule is Cc1ccc(C(O)COc2ccc(C#N)cc2)cc1. The molecule has 0 heterocycles. The maximum absolute atomic E-state index is 10.00. The van der Waals surface area contributed by atoms with Crippen molar-refractivity contribution in [3.63, 3.8) is 0 Å². The average Bonchev–Trinajstić information content (AvgIpc) is 2.46. The number of nitrogens with zero attached hydrogens (tertiary/aromatic N) is 1. The fourth-order valence-electron chi connectivity index (χ4n) is 1.69. The maximum Gasteiger partial charge on any atom is 0.119 e. The Labute approximate surface area is 112 Å². The lowest BCUT2D eigenvalue weighted by Crippen LogP contribution is -2.09. The van der Waals surface area contributed by atoms with E-state index in [1.165, 1.54) is 0 Å². The molecule has 2 aromatic rings. The van der Waals surface area contributed by atoms with Crippen LogP contribution in [0, 0.1) is 18.3 Å². The molecular formula is C16H15NO2. The number of aliphatic hydroxyl groups is 1. The molecule has 2 aromatic carbocycles.